The van der Waals surface area contributed by atoms with E-state index in [4.69, 9.17) is 11.5 Å². The van der Waals surface area contributed by atoms with Gasteiger partial charge in [-0.15, -0.1) is 0 Å². The summed E-state index contributed by atoms with van der Waals surface area (Å²) in [5, 5.41) is 25.2. The maximum Gasteiger partial charge on any atom is 0.0676 e. The van der Waals surface area contributed by atoms with Gasteiger partial charge in [-0.1, -0.05) is 0 Å². The topological polar surface area (TPSA) is 117 Å². The van der Waals surface area contributed by atoms with Crippen molar-refractivity contribution in [3.8, 4) is 0 Å². The summed E-state index contributed by atoms with van der Waals surface area (Å²) in [5.74, 6) is 0. The van der Waals surface area contributed by atoms with E-state index in [1.807, 2.05) is 0 Å². The van der Waals surface area contributed by atoms with Crippen LogP contribution >= 0.6 is 0 Å². The van der Waals surface area contributed by atoms with E-state index in [1.165, 1.54) is 0 Å². The summed E-state index contributed by atoms with van der Waals surface area (Å²) in [7, 11) is 0. The van der Waals surface area contributed by atoms with Crippen LogP contribution in [0.25, 0.3) is 0 Å². The Morgan fingerprint density at radius 3 is 1.50 bits per heavy atom. The van der Waals surface area contributed by atoms with Crippen molar-refractivity contribution in [2.24, 2.45) is 11.5 Å². The molecule has 0 aromatic heterocycles. The summed E-state index contributed by atoms with van der Waals surface area (Å²) in [6.45, 7) is 4.07. The second-order valence-corrected chi connectivity index (χ2v) is 4.58. The monoisotopic (exact) mass is 262 g/mol. The fraction of sp³-hybridized carbons (Fsp3) is 1.00. The van der Waals surface area contributed by atoms with Gasteiger partial charge >= 0.3 is 0 Å². The molecule has 0 unspecified atom stereocenters. The Kier molecular flexibility index (Phi) is 13.0. The van der Waals surface area contributed by atoms with Gasteiger partial charge in [0.15, 0.2) is 0 Å². The van der Waals surface area contributed by atoms with E-state index in [1.54, 1.807) is 0 Å². The minimum Gasteiger partial charge on any atom is -0.392 e. The molecule has 0 aliphatic rings. The fourth-order valence-electron chi connectivity index (χ4n) is 1.63. The first-order chi connectivity index (χ1) is 8.70. The molecule has 2 atom stereocenters. The van der Waals surface area contributed by atoms with Gasteiger partial charge in [-0.3, -0.25) is 0 Å². The Labute approximate surface area is 110 Å². The number of aliphatic hydroxyl groups excluding tert-OH is 2. The average molecular weight is 262 g/mol. The molecule has 18 heavy (non-hydrogen) atoms. The van der Waals surface area contributed by atoms with Crippen molar-refractivity contribution in [1.29, 1.82) is 0 Å². The van der Waals surface area contributed by atoms with Gasteiger partial charge in [-0.25, -0.2) is 0 Å². The summed E-state index contributed by atoms with van der Waals surface area (Å²) < 4.78 is 0. The molecular formula is C12H30N4O2. The molecule has 0 aromatic rings. The molecule has 0 saturated carbocycles. The fourth-order valence-corrected chi connectivity index (χ4v) is 1.63. The number of nitrogens with one attached hydrogen (secondary N) is 2. The third kappa shape index (κ3) is 12.2. The lowest BCUT2D eigenvalue weighted by atomic mass is 10.2. The van der Waals surface area contributed by atoms with Crippen molar-refractivity contribution in [2.45, 2.75) is 37.9 Å². The highest BCUT2D eigenvalue weighted by molar-refractivity contribution is 4.62. The van der Waals surface area contributed by atoms with Gasteiger partial charge in [0.05, 0.1) is 12.2 Å². The first kappa shape index (κ1) is 17.8. The van der Waals surface area contributed by atoms with Crippen LogP contribution in [0.3, 0.4) is 0 Å². The Morgan fingerprint density at radius 2 is 1.17 bits per heavy atom. The lowest BCUT2D eigenvalue weighted by Gasteiger charge is -2.11. The maximum atomic E-state index is 9.41. The van der Waals surface area contributed by atoms with Gasteiger partial charge in [0.1, 0.15) is 0 Å². The van der Waals surface area contributed by atoms with Crippen LogP contribution < -0.4 is 22.1 Å². The molecule has 0 aromatic carbocycles. The SMILES string of the molecule is NCC[C@@H](O)CNCCCCNC[C@H](O)CCN. The highest BCUT2D eigenvalue weighted by Crippen LogP contribution is 1.90. The van der Waals surface area contributed by atoms with Crippen molar-refractivity contribution in [3.05, 3.63) is 0 Å². The van der Waals surface area contributed by atoms with Crippen LogP contribution in [0.4, 0.5) is 0 Å². The zero-order valence-electron chi connectivity index (χ0n) is 11.3. The summed E-state index contributed by atoms with van der Waals surface area (Å²) in [4.78, 5) is 0. The van der Waals surface area contributed by atoms with Gasteiger partial charge in [-0.05, 0) is 51.9 Å². The molecule has 6 heteroatoms. The number of hydrogen-bond donors (Lipinski definition) is 6. The number of aliphatic hydroxyl groups is 2. The molecule has 0 amide bonds. The van der Waals surface area contributed by atoms with Gasteiger partial charge in [0, 0.05) is 13.1 Å². The molecule has 0 saturated heterocycles. The Morgan fingerprint density at radius 1 is 0.778 bits per heavy atom. The summed E-state index contributed by atoms with van der Waals surface area (Å²) in [6, 6.07) is 0. The largest absolute Gasteiger partial charge is 0.392 e. The highest BCUT2D eigenvalue weighted by atomic mass is 16.3. The standard InChI is InChI=1S/C12H30N4O2/c13-5-3-11(17)9-15-7-1-2-8-16-10-12(18)4-6-14/h11-12,15-18H,1-10,13-14H2/t11-,12-/m1/s1. The predicted octanol–water partition coefficient (Wildman–Crippen LogP) is -1.63. The molecule has 0 fully saturated rings. The van der Waals surface area contributed by atoms with Crippen molar-refractivity contribution >= 4 is 0 Å². The van der Waals surface area contributed by atoms with Crippen LogP contribution in [0.1, 0.15) is 25.7 Å². The van der Waals surface area contributed by atoms with Crippen molar-refractivity contribution in [1.82, 2.24) is 10.6 Å². The first-order valence-corrected chi connectivity index (χ1v) is 6.88. The van der Waals surface area contributed by atoms with Gasteiger partial charge in [0.2, 0.25) is 0 Å². The van der Waals surface area contributed by atoms with Gasteiger partial charge in [0.25, 0.3) is 0 Å². The molecule has 0 aliphatic carbocycles. The van der Waals surface area contributed by atoms with E-state index < -0.39 is 0 Å². The predicted molar refractivity (Wildman–Crippen MR) is 74.3 cm³/mol. The van der Waals surface area contributed by atoms with E-state index >= 15 is 0 Å². The van der Waals surface area contributed by atoms with Crippen molar-refractivity contribution in [2.75, 3.05) is 39.3 Å². The molecule has 6 nitrogen and oxygen atoms in total. The van der Waals surface area contributed by atoms with Crippen LogP contribution in [-0.4, -0.2) is 61.7 Å². The quantitative estimate of drug-likeness (QED) is 0.222. The third-order valence-electron chi connectivity index (χ3n) is 2.72. The highest BCUT2D eigenvalue weighted by Gasteiger charge is 2.02. The van der Waals surface area contributed by atoms with E-state index in [-0.39, 0.29) is 12.2 Å². The Balaban J connectivity index is 3.11. The molecule has 0 radical (unpaired) electrons. The molecule has 0 spiro atoms. The minimum absolute atomic E-state index is 0.334. The molecule has 0 bridgehead atoms. The van der Waals surface area contributed by atoms with Gasteiger partial charge < -0.3 is 32.3 Å². The van der Waals surface area contributed by atoms with Crippen LogP contribution in [0.2, 0.25) is 0 Å². The van der Waals surface area contributed by atoms with Crippen LogP contribution in [0.15, 0.2) is 0 Å². The second kappa shape index (κ2) is 13.2. The third-order valence-corrected chi connectivity index (χ3v) is 2.72. The second-order valence-electron chi connectivity index (χ2n) is 4.58. The average Bonchev–Trinajstić information content (AvgIpc) is 2.33. The van der Waals surface area contributed by atoms with E-state index in [9.17, 15) is 10.2 Å². The van der Waals surface area contributed by atoms with Crippen LogP contribution in [0, 0.1) is 0 Å². The summed E-state index contributed by atoms with van der Waals surface area (Å²) in [5.41, 5.74) is 10.7. The normalized spacial score (nSPS) is 14.7. The lowest BCUT2D eigenvalue weighted by Crippen LogP contribution is -2.31. The zero-order chi connectivity index (χ0) is 13.6. The van der Waals surface area contributed by atoms with E-state index in [2.05, 4.69) is 10.6 Å². The molecular weight excluding hydrogens is 232 g/mol. The van der Waals surface area contributed by atoms with E-state index in [0.717, 1.165) is 25.9 Å². The Bertz CT molecular complexity index is 154. The minimum atomic E-state index is -0.334. The molecule has 0 aliphatic heterocycles. The van der Waals surface area contributed by atoms with Crippen LogP contribution in [-0.2, 0) is 0 Å². The van der Waals surface area contributed by atoms with Crippen LogP contribution in [0.5, 0.6) is 0 Å². The van der Waals surface area contributed by atoms with E-state index in [0.29, 0.717) is 39.0 Å². The molecule has 8 N–H and O–H groups in total. The van der Waals surface area contributed by atoms with Gasteiger partial charge in [-0.2, -0.15) is 0 Å². The van der Waals surface area contributed by atoms with Crippen molar-refractivity contribution in [3.63, 3.8) is 0 Å². The smallest absolute Gasteiger partial charge is 0.0676 e. The number of rotatable bonds is 13. The first-order valence-electron chi connectivity index (χ1n) is 6.88. The Hall–Kier alpha value is -0.240. The lowest BCUT2D eigenvalue weighted by molar-refractivity contribution is 0.162. The maximum absolute atomic E-state index is 9.41. The number of unbranched alkanes of at least 4 members (excludes halogenated alkanes) is 1. The zero-order valence-corrected chi connectivity index (χ0v) is 11.3. The van der Waals surface area contributed by atoms with Crippen molar-refractivity contribution < 1.29 is 10.2 Å². The summed E-state index contributed by atoms with van der Waals surface area (Å²) >= 11 is 0. The molecule has 0 heterocycles. The molecule has 0 rings (SSSR count). The molecule has 110 valence electrons. The number of hydrogen-bond acceptors (Lipinski definition) is 6. The number of nitrogens with two attached hydrogens (primary N) is 2. The summed E-state index contributed by atoms with van der Waals surface area (Å²) in [6.07, 6.45) is 2.73.